The maximum atomic E-state index is 5.72. The summed E-state index contributed by atoms with van der Waals surface area (Å²) in [7, 11) is 0. The second kappa shape index (κ2) is 4.89. The molecule has 0 saturated heterocycles. The van der Waals surface area contributed by atoms with Gasteiger partial charge in [-0.1, -0.05) is 0 Å². The average Bonchev–Trinajstić information content (AvgIpc) is 2.99. The van der Waals surface area contributed by atoms with Gasteiger partial charge in [-0.3, -0.25) is 0 Å². The van der Waals surface area contributed by atoms with Gasteiger partial charge in [0.25, 0.3) is 0 Å². The van der Waals surface area contributed by atoms with Crippen molar-refractivity contribution in [2.75, 3.05) is 11.1 Å². The van der Waals surface area contributed by atoms with Gasteiger partial charge in [-0.25, -0.2) is 4.98 Å². The molecule has 0 aliphatic carbocycles. The molecule has 5 nitrogen and oxygen atoms in total. The van der Waals surface area contributed by atoms with Crippen molar-refractivity contribution in [3.05, 3.63) is 35.6 Å². The lowest BCUT2D eigenvalue weighted by Crippen LogP contribution is -2.19. The molecule has 98 valence electrons. The van der Waals surface area contributed by atoms with Crippen LogP contribution in [0.15, 0.2) is 34.3 Å². The minimum absolute atomic E-state index is 0.198. The number of nitrogens with one attached hydrogen (secondary N) is 1. The third kappa shape index (κ3) is 2.53. The minimum atomic E-state index is 0.198. The van der Waals surface area contributed by atoms with E-state index in [0.29, 0.717) is 5.95 Å². The van der Waals surface area contributed by atoms with Gasteiger partial charge in [0.05, 0.1) is 11.6 Å². The molecule has 3 aromatic heterocycles. The maximum Gasteiger partial charge on any atom is 0.223 e. The highest BCUT2D eigenvalue weighted by Gasteiger charge is 2.11. The van der Waals surface area contributed by atoms with Crippen LogP contribution in [0.1, 0.15) is 12.7 Å². The second-order valence-corrected chi connectivity index (χ2v) is 5.29. The third-order valence-corrected chi connectivity index (χ3v) is 3.62. The average molecular weight is 274 g/mol. The number of hydrogen-bond donors (Lipinski definition) is 2. The Balaban J connectivity index is 1.82. The SMILES string of the molecule is CC(Cc1ccco1)Nc1nc(N)nc2sccc12. The predicted octanol–water partition coefficient (Wildman–Crippen LogP) is 2.91. The molecule has 19 heavy (non-hydrogen) atoms. The summed E-state index contributed by atoms with van der Waals surface area (Å²) in [5, 5.41) is 6.36. The molecule has 1 atom stereocenters. The lowest BCUT2D eigenvalue weighted by atomic mass is 10.2. The van der Waals surface area contributed by atoms with Gasteiger partial charge < -0.3 is 15.5 Å². The Labute approximate surface area is 114 Å². The molecule has 0 saturated carbocycles. The molecule has 0 aliphatic heterocycles. The quantitative estimate of drug-likeness (QED) is 0.765. The number of nitrogen functional groups attached to an aromatic ring is 1. The van der Waals surface area contributed by atoms with Crippen LogP contribution in [-0.4, -0.2) is 16.0 Å². The molecule has 0 fully saturated rings. The predicted molar refractivity (Wildman–Crippen MR) is 77.3 cm³/mol. The lowest BCUT2D eigenvalue weighted by Gasteiger charge is -2.14. The smallest absolute Gasteiger partial charge is 0.223 e. The molecule has 0 aromatic carbocycles. The summed E-state index contributed by atoms with van der Waals surface area (Å²) in [6, 6.07) is 6.05. The van der Waals surface area contributed by atoms with Crippen LogP contribution in [0.4, 0.5) is 11.8 Å². The van der Waals surface area contributed by atoms with Crippen molar-refractivity contribution in [2.45, 2.75) is 19.4 Å². The van der Waals surface area contributed by atoms with Crippen molar-refractivity contribution < 1.29 is 4.42 Å². The molecule has 0 aliphatic rings. The normalized spacial score (nSPS) is 12.7. The van der Waals surface area contributed by atoms with Crippen molar-refractivity contribution in [3.8, 4) is 0 Å². The molecule has 3 aromatic rings. The van der Waals surface area contributed by atoms with E-state index in [0.717, 1.165) is 28.2 Å². The Bertz CT molecular complexity index is 677. The zero-order chi connectivity index (χ0) is 13.2. The molecule has 6 heteroatoms. The van der Waals surface area contributed by atoms with E-state index in [1.165, 1.54) is 0 Å². The van der Waals surface area contributed by atoms with Gasteiger partial charge in [-0.15, -0.1) is 11.3 Å². The van der Waals surface area contributed by atoms with Gasteiger partial charge in [0.2, 0.25) is 5.95 Å². The molecule has 0 amide bonds. The van der Waals surface area contributed by atoms with E-state index in [1.807, 2.05) is 23.6 Å². The van der Waals surface area contributed by atoms with E-state index >= 15 is 0 Å². The molecule has 1 unspecified atom stereocenters. The Morgan fingerprint density at radius 3 is 3.11 bits per heavy atom. The molecular formula is C13H14N4OS. The summed E-state index contributed by atoms with van der Waals surface area (Å²) in [6.45, 7) is 2.08. The van der Waals surface area contributed by atoms with Gasteiger partial charge >= 0.3 is 0 Å². The summed E-state index contributed by atoms with van der Waals surface area (Å²) in [6.07, 6.45) is 2.48. The van der Waals surface area contributed by atoms with Gasteiger partial charge in [0.15, 0.2) is 0 Å². The molecule has 0 radical (unpaired) electrons. The highest BCUT2D eigenvalue weighted by Crippen LogP contribution is 2.26. The number of anilines is 2. The van der Waals surface area contributed by atoms with Gasteiger partial charge in [-0.05, 0) is 30.5 Å². The monoisotopic (exact) mass is 274 g/mol. The molecule has 3 N–H and O–H groups in total. The Hall–Kier alpha value is -2.08. The van der Waals surface area contributed by atoms with Crippen LogP contribution in [-0.2, 0) is 6.42 Å². The molecule has 0 spiro atoms. The van der Waals surface area contributed by atoms with Crippen molar-refractivity contribution in [3.63, 3.8) is 0 Å². The van der Waals surface area contributed by atoms with Crippen LogP contribution in [0.3, 0.4) is 0 Å². The van der Waals surface area contributed by atoms with E-state index in [-0.39, 0.29) is 6.04 Å². The zero-order valence-corrected chi connectivity index (χ0v) is 11.3. The summed E-state index contributed by atoms with van der Waals surface area (Å²) in [5.41, 5.74) is 5.72. The topological polar surface area (TPSA) is 77.0 Å². The highest BCUT2D eigenvalue weighted by atomic mass is 32.1. The largest absolute Gasteiger partial charge is 0.469 e. The molecule has 3 rings (SSSR count). The van der Waals surface area contributed by atoms with Crippen molar-refractivity contribution in [1.29, 1.82) is 0 Å². The fraction of sp³-hybridized carbons (Fsp3) is 0.231. The fourth-order valence-electron chi connectivity index (χ4n) is 2.00. The first kappa shape index (κ1) is 12.0. The number of aromatic nitrogens is 2. The van der Waals surface area contributed by atoms with Gasteiger partial charge in [0, 0.05) is 12.5 Å². The van der Waals surface area contributed by atoms with E-state index in [4.69, 9.17) is 10.2 Å². The first-order valence-corrected chi connectivity index (χ1v) is 6.90. The van der Waals surface area contributed by atoms with Crippen LogP contribution >= 0.6 is 11.3 Å². The number of hydrogen-bond acceptors (Lipinski definition) is 6. The zero-order valence-electron chi connectivity index (χ0n) is 10.5. The van der Waals surface area contributed by atoms with Crippen LogP contribution in [0.2, 0.25) is 0 Å². The maximum absolute atomic E-state index is 5.72. The van der Waals surface area contributed by atoms with Crippen LogP contribution < -0.4 is 11.1 Å². The first-order valence-electron chi connectivity index (χ1n) is 6.02. The van der Waals surface area contributed by atoms with Crippen LogP contribution in [0, 0.1) is 0 Å². The van der Waals surface area contributed by atoms with Gasteiger partial charge in [0.1, 0.15) is 16.4 Å². The summed E-state index contributed by atoms with van der Waals surface area (Å²) in [5.74, 6) is 2.02. The summed E-state index contributed by atoms with van der Waals surface area (Å²) in [4.78, 5) is 9.38. The minimum Gasteiger partial charge on any atom is -0.469 e. The standard InChI is InChI=1S/C13H14N4OS/c1-8(7-9-3-2-5-18-9)15-11-10-4-6-19-12(10)17-13(14)16-11/h2-6,8H,7H2,1H3,(H3,14,15,16,17). The Kier molecular flexibility index (Phi) is 3.08. The number of rotatable bonds is 4. The number of fused-ring (bicyclic) bond motifs is 1. The van der Waals surface area contributed by atoms with Crippen molar-refractivity contribution in [2.24, 2.45) is 0 Å². The number of thiophene rings is 1. The molecule has 0 bridgehead atoms. The second-order valence-electron chi connectivity index (χ2n) is 4.40. The van der Waals surface area contributed by atoms with Crippen LogP contribution in [0.25, 0.3) is 10.2 Å². The Morgan fingerprint density at radius 1 is 1.42 bits per heavy atom. The van der Waals surface area contributed by atoms with Crippen LogP contribution in [0.5, 0.6) is 0 Å². The Morgan fingerprint density at radius 2 is 2.32 bits per heavy atom. The van der Waals surface area contributed by atoms with E-state index in [9.17, 15) is 0 Å². The number of nitrogens with two attached hydrogens (primary N) is 1. The van der Waals surface area contributed by atoms with E-state index in [1.54, 1.807) is 17.6 Å². The molecular weight excluding hydrogens is 260 g/mol. The highest BCUT2D eigenvalue weighted by molar-refractivity contribution is 7.16. The van der Waals surface area contributed by atoms with Crippen molar-refractivity contribution >= 4 is 33.3 Å². The summed E-state index contributed by atoms with van der Waals surface area (Å²) < 4.78 is 5.34. The van der Waals surface area contributed by atoms with E-state index < -0.39 is 0 Å². The van der Waals surface area contributed by atoms with E-state index in [2.05, 4.69) is 22.2 Å². The molecule has 3 heterocycles. The number of furan rings is 1. The third-order valence-electron chi connectivity index (χ3n) is 2.81. The number of nitrogens with zero attached hydrogens (tertiary/aromatic N) is 2. The lowest BCUT2D eigenvalue weighted by molar-refractivity contribution is 0.497. The summed E-state index contributed by atoms with van der Waals surface area (Å²) >= 11 is 1.56. The first-order chi connectivity index (χ1) is 9.22. The van der Waals surface area contributed by atoms with Crippen molar-refractivity contribution in [1.82, 2.24) is 9.97 Å². The van der Waals surface area contributed by atoms with Gasteiger partial charge in [-0.2, -0.15) is 4.98 Å². The fourth-order valence-corrected chi connectivity index (χ4v) is 2.77.